The fraction of sp³-hybridized carbons (Fsp3) is 0.227. The highest BCUT2D eigenvalue weighted by Gasteiger charge is 2.17. The Morgan fingerprint density at radius 2 is 1.94 bits per heavy atom. The number of carbonyl (C=O) groups excluding carboxylic acids is 1. The van der Waals surface area contributed by atoms with Crippen LogP contribution in [0.5, 0.6) is 17.2 Å². The Morgan fingerprint density at radius 1 is 1.16 bits per heavy atom. The van der Waals surface area contributed by atoms with Gasteiger partial charge in [0.1, 0.15) is 17.2 Å². The normalized spacial score (nSPS) is 10.5. The number of rotatable bonds is 10. The molecule has 32 heavy (non-hydrogen) atoms. The van der Waals surface area contributed by atoms with Crippen molar-refractivity contribution < 1.29 is 19.0 Å². The second-order valence-electron chi connectivity index (χ2n) is 6.46. The summed E-state index contributed by atoms with van der Waals surface area (Å²) in [5.41, 5.74) is 1.32. The van der Waals surface area contributed by atoms with Crippen LogP contribution in [0.2, 0.25) is 5.02 Å². The Morgan fingerprint density at radius 3 is 2.62 bits per heavy atom. The van der Waals surface area contributed by atoms with Gasteiger partial charge in [0.2, 0.25) is 5.91 Å². The van der Waals surface area contributed by atoms with E-state index in [2.05, 4.69) is 22.1 Å². The average molecular weight is 475 g/mol. The molecule has 0 saturated heterocycles. The summed E-state index contributed by atoms with van der Waals surface area (Å²) < 4.78 is 17.7. The molecule has 0 fully saturated rings. The minimum absolute atomic E-state index is 0.113. The van der Waals surface area contributed by atoms with Gasteiger partial charge in [0.25, 0.3) is 0 Å². The first kappa shape index (κ1) is 23.5. The van der Waals surface area contributed by atoms with E-state index in [1.54, 1.807) is 25.3 Å². The van der Waals surface area contributed by atoms with Crippen molar-refractivity contribution in [1.29, 1.82) is 0 Å². The van der Waals surface area contributed by atoms with E-state index in [1.165, 1.54) is 26.0 Å². The number of anilines is 1. The van der Waals surface area contributed by atoms with Crippen molar-refractivity contribution in [3.8, 4) is 28.6 Å². The third kappa shape index (κ3) is 5.35. The van der Waals surface area contributed by atoms with Crippen LogP contribution in [-0.4, -0.2) is 47.8 Å². The molecule has 8 nitrogen and oxygen atoms in total. The van der Waals surface area contributed by atoms with E-state index in [1.807, 2.05) is 28.8 Å². The Balaban J connectivity index is 1.76. The Bertz CT molecular complexity index is 1120. The Labute approximate surface area is 195 Å². The van der Waals surface area contributed by atoms with Crippen LogP contribution in [0.4, 0.5) is 5.69 Å². The molecule has 0 saturated carbocycles. The van der Waals surface area contributed by atoms with Crippen LogP contribution in [-0.2, 0) is 11.3 Å². The third-order valence-electron chi connectivity index (χ3n) is 4.44. The lowest BCUT2D eigenvalue weighted by Gasteiger charge is -2.13. The predicted molar refractivity (Wildman–Crippen MR) is 126 cm³/mol. The number of methoxy groups -OCH3 is 3. The van der Waals surface area contributed by atoms with Gasteiger partial charge in [0, 0.05) is 24.2 Å². The standard InChI is InChI=1S/C22H23ClN4O4S/c1-5-9-27-21(14-7-6-8-15(10-14)29-2)25-26-22(27)32-13-20(28)24-17-12-18(30-3)16(23)11-19(17)31-4/h5-8,10-12H,1,9,13H2,2-4H3,(H,24,28). The van der Waals surface area contributed by atoms with Crippen LogP contribution in [0.15, 0.2) is 54.2 Å². The van der Waals surface area contributed by atoms with E-state index in [0.717, 1.165) is 11.3 Å². The second kappa shape index (κ2) is 10.9. The Hall–Kier alpha value is -3.17. The molecule has 3 rings (SSSR count). The third-order valence-corrected chi connectivity index (χ3v) is 5.70. The van der Waals surface area contributed by atoms with Crippen molar-refractivity contribution in [3.63, 3.8) is 0 Å². The lowest BCUT2D eigenvalue weighted by Crippen LogP contribution is -2.15. The second-order valence-corrected chi connectivity index (χ2v) is 7.81. The molecule has 1 amide bonds. The molecule has 0 aliphatic rings. The van der Waals surface area contributed by atoms with Crippen molar-refractivity contribution in [2.24, 2.45) is 0 Å². The molecule has 1 heterocycles. The lowest BCUT2D eigenvalue weighted by atomic mass is 10.2. The van der Waals surface area contributed by atoms with Gasteiger partial charge < -0.3 is 19.5 Å². The number of nitrogens with one attached hydrogen (secondary N) is 1. The molecule has 0 atom stereocenters. The number of halogens is 1. The Kier molecular flexibility index (Phi) is 8.02. The van der Waals surface area contributed by atoms with E-state index in [4.69, 9.17) is 25.8 Å². The smallest absolute Gasteiger partial charge is 0.234 e. The van der Waals surface area contributed by atoms with Crippen molar-refractivity contribution >= 4 is 35.0 Å². The predicted octanol–water partition coefficient (Wildman–Crippen LogP) is 4.54. The fourth-order valence-electron chi connectivity index (χ4n) is 2.94. The monoisotopic (exact) mass is 474 g/mol. The first-order valence-corrected chi connectivity index (χ1v) is 10.9. The van der Waals surface area contributed by atoms with Gasteiger partial charge in [-0.1, -0.05) is 41.6 Å². The molecule has 0 aliphatic heterocycles. The van der Waals surface area contributed by atoms with Gasteiger partial charge in [-0.25, -0.2) is 0 Å². The number of ether oxygens (including phenoxy) is 3. The fourth-order valence-corrected chi connectivity index (χ4v) is 3.92. The molecule has 168 valence electrons. The summed E-state index contributed by atoms with van der Waals surface area (Å²) in [5.74, 6) is 2.12. The largest absolute Gasteiger partial charge is 0.497 e. The van der Waals surface area contributed by atoms with Crippen LogP contribution in [0, 0.1) is 0 Å². The number of aromatic nitrogens is 3. The molecule has 0 unspecified atom stereocenters. The number of hydrogen-bond acceptors (Lipinski definition) is 7. The summed E-state index contributed by atoms with van der Waals surface area (Å²) in [6.45, 7) is 4.30. The molecular weight excluding hydrogens is 452 g/mol. The minimum atomic E-state index is -0.242. The van der Waals surface area contributed by atoms with Crippen LogP contribution < -0.4 is 19.5 Å². The molecule has 0 spiro atoms. The van der Waals surface area contributed by atoms with Gasteiger partial charge in [0.05, 0.1) is 37.8 Å². The van der Waals surface area contributed by atoms with Crippen LogP contribution in [0.25, 0.3) is 11.4 Å². The molecule has 10 heteroatoms. The highest BCUT2D eigenvalue weighted by atomic mass is 35.5. The maximum atomic E-state index is 12.6. The SMILES string of the molecule is C=CCn1c(SCC(=O)Nc2cc(OC)c(Cl)cc2OC)nnc1-c1cccc(OC)c1. The van der Waals surface area contributed by atoms with Crippen molar-refractivity contribution in [3.05, 3.63) is 54.1 Å². The van der Waals surface area contributed by atoms with Gasteiger partial charge in [-0.2, -0.15) is 0 Å². The van der Waals surface area contributed by atoms with Gasteiger partial charge in [-0.15, -0.1) is 16.8 Å². The molecule has 1 aromatic heterocycles. The highest BCUT2D eigenvalue weighted by Crippen LogP contribution is 2.36. The molecular formula is C22H23ClN4O4S. The molecule has 2 aromatic carbocycles. The van der Waals surface area contributed by atoms with Crippen LogP contribution in [0.1, 0.15) is 0 Å². The molecule has 3 aromatic rings. The number of hydrogen-bond donors (Lipinski definition) is 1. The van der Waals surface area contributed by atoms with E-state index >= 15 is 0 Å². The number of nitrogens with zero attached hydrogens (tertiary/aromatic N) is 3. The number of carbonyl (C=O) groups is 1. The lowest BCUT2D eigenvalue weighted by molar-refractivity contribution is -0.113. The van der Waals surface area contributed by atoms with E-state index in [0.29, 0.717) is 39.7 Å². The number of amides is 1. The summed E-state index contributed by atoms with van der Waals surface area (Å²) in [6.07, 6.45) is 1.75. The summed E-state index contributed by atoms with van der Waals surface area (Å²) >= 11 is 7.39. The van der Waals surface area contributed by atoms with E-state index in [9.17, 15) is 4.79 Å². The van der Waals surface area contributed by atoms with Gasteiger partial charge in [0.15, 0.2) is 11.0 Å². The number of thioether (sulfide) groups is 1. The maximum Gasteiger partial charge on any atom is 0.234 e. The zero-order valence-electron chi connectivity index (χ0n) is 17.9. The molecule has 0 aliphatic carbocycles. The summed E-state index contributed by atoms with van der Waals surface area (Å²) in [5, 5.41) is 12.4. The zero-order valence-corrected chi connectivity index (χ0v) is 19.5. The quantitative estimate of drug-likeness (QED) is 0.341. The number of benzene rings is 2. The molecule has 1 N–H and O–H groups in total. The maximum absolute atomic E-state index is 12.6. The summed E-state index contributed by atoms with van der Waals surface area (Å²) in [7, 11) is 4.61. The topological polar surface area (TPSA) is 87.5 Å². The minimum Gasteiger partial charge on any atom is -0.497 e. The van der Waals surface area contributed by atoms with Crippen molar-refractivity contribution in [1.82, 2.24) is 14.8 Å². The first-order valence-electron chi connectivity index (χ1n) is 9.53. The van der Waals surface area contributed by atoms with Gasteiger partial charge in [-0.05, 0) is 12.1 Å². The molecule has 0 bridgehead atoms. The molecule has 0 radical (unpaired) electrons. The van der Waals surface area contributed by atoms with E-state index in [-0.39, 0.29) is 11.7 Å². The van der Waals surface area contributed by atoms with E-state index < -0.39 is 0 Å². The van der Waals surface area contributed by atoms with Crippen molar-refractivity contribution in [2.75, 3.05) is 32.4 Å². The highest BCUT2D eigenvalue weighted by molar-refractivity contribution is 7.99. The van der Waals surface area contributed by atoms with Gasteiger partial charge in [-0.3, -0.25) is 9.36 Å². The van der Waals surface area contributed by atoms with Crippen LogP contribution >= 0.6 is 23.4 Å². The van der Waals surface area contributed by atoms with Crippen molar-refractivity contribution in [2.45, 2.75) is 11.7 Å². The summed E-state index contributed by atoms with van der Waals surface area (Å²) in [6, 6.07) is 10.8. The van der Waals surface area contributed by atoms with Gasteiger partial charge >= 0.3 is 0 Å². The average Bonchev–Trinajstić information content (AvgIpc) is 3.21. The number of allylic oxidation sites excluding steroid dienone is 1. The summed E-state index contributed by atoms with van der Waals surface area (Å²) in [4.78, 5) is 12.6. The first-order chi connectivity index (χ1) is 15.5. The zero-order chi connectivity index (χ0) is 23.1. The van der Waals surface area contributed by atoms with Crippen LogP contribution in [0.3, 0.4) is 0 Å².